The summed E-state index contributed by atoms with van der Waals surface area (Å²) in [6, 6.07) is 19.8. The van der Waals surface area contributed by atoms with Crippen molar-refractivity contribution in [2.75, 3.05) is 16.7 Å². The van der Waals surface area contributed by atoms with Crippen molar-refractivity contribution >= 4 is 38.4 Å². The third kappa shape index (κ3) is 4.15. The molecule has 0 saturated heterocycles. The summed E-state index contributed by atoms with van der Waals surface area (Å²) >= 11 is 0. The fourth-order valence-electron chi connectivity index (χ4n) is 3.69. The van der Waals surface area contributed by atoms with Crippen LogP contribution in [0.2, 0.25) is 0 Å². The Morgan fingerprint density at radius 2 is 1.80 bits per heavy atom. The standard InChI is InChI=1S/C25H20N4O5S/c1-16-23-20(15-21(22-12-7-13-33-22)27-25(23)34-28-16)24(30)26-17-8-6-11-19(14-17)35(31,32)29(2)18-9-4-3-5-10-18/h3-15H,1-2H3,(H,26,30). The molecule has 0 spiro atoms. The van der Waals surface area contributed by atoms with Gasteiger partial charge in [-0.05, 0) is 55.5 Å². The second kappa shape index (κ2) is 8.73. The van der Waals surface area contributed by atoms with Gasteiger partial charge in [-0.3, -0.25) is 9.10 Å². The van der Waals surface area contributed by atoms with E-state index in [4.69, 9.17) is 8.94 Å². The molecule has 3 aromatic heterocycles. The van der Waals surface area contributed by atoms with E-state index >= 15 is 0 Å². The number of pyridine rings is 1. The third-order valence-corrected chi connectivity index (χ3v) is 7.29. The van der Waals surface area contributed by atoms with Gasteiger partial charge in [0.05, 0.1) is 33.5 Å². The molecule has 0 aliphatic heterocycles. The topological polar surface area (TPSA) is 119 Å². The van der Waals surface area contributed by atoms with Crippen molar-refractivity contribution in [2.24, 2.45) is 0 Å². The van der Waals surface area contributed by atoms with E-state index in [0.717, 1.165) is 0 Å². The number of hydrogen-bond acceptors (Lipinski definition) is 7. The Balaban J connectivity index is 1.49. The van der Waals surface area contributed by atoms with Crippen molar-refractivity contribution in [3.8, 4) is 11.5 Å². The van der Waals surface area contributed by atoms with E-state index in [1.54, 1.807) is 61.5 Å². The summed E-state index contributed by atoms with van der Waals surface area (Å²) in [4.78, 5) is 17.8. The molecule has 0 aliphatic rings. The van der Waals surface area contributed by atoms with Gasteiger partial charge in [-0.2, -0.15) is 0 Å². The number of hydrogen-bond donors (Lipinski definition) is 1. The van der Waals surface area contributed by atoms with Crippen LogP contribution in [0.3, 0.4) is 0 Å². The van der Waals surface area contributed by atoms with Gasteiger partial charge in [-0.25, -0.2) is 13.4 Å². The van der Waals surface area contributed by atoms with Gasteiger partial charge in [0.1, 0.15) is 5.69 Å². The van der Waals surface area contributed by atoms with E-state index in [0.29, 0.717) is 33.9 Å². The van der Waals surface area contributed by atoms with E-state index < -0.39 is 15.9 Å². The number of nitrogens with zero attached hydrogens (tertiary/aromatic N) is 3. The van der Waals surface area contributed by atoms with Crippen LogP contribution in [-0.4, -0.2) is 31.5 Å². The summed E-state index contributed by atoms with van der Waals surface area (Å²) in [6.45, 7) is 1.71. The van der Waals surface area contributed by atoms with Gasteiger partial charge in [-0.15, -0.1) is 0 Å². The van der Waals surface area contributed by atoms with E-state index in [1.807, 2.05) is 6.07 Å². The number of anilines is 2. The van der Waals surface area contributed by atoms with Crippen molar-refractivity contribution < 1.29 is 22.2 Å². The van der Waals surface area contributed by atoms with Crippen LogP contribution in [0, 0.1) is 6.92 Å². The molecular weight excluding hydrogens is 468 g/mol. The number of carbonyl (C=O) groups excluding carboxylic acids is 1. The van der Waals surface area contributed by atoms with Crippen LogP contribution >= 0.6 is 0 Å². The predicted molar refractivity (Wildman–Crippen MR) is 131 cm³/mol. The highest BCUT2D eigenvalue weighted by molar-refractivity contribution is 7.92. The lowest BCUT2D eigenvalue weighted by Crippen LogP contribution is -2.26. The van der Waals surface area contributed by atoms with Gasteiger partial charge in [-0.1, -0.05) is 29.4 Å². The molecule has 35 heavy (non-hydrogen) atoms. The molecule has 0 atom stereocenters. The number of rotatable bonds is 6. The molecule has 5 rings (SSSR count). The zero-order valence-electron chi connectivity index (χ0n) is 18.8. The molecule has 0 aliphatic carbocycles. The molecule has 0 radical (unpaired) electrons. The zero-order chi connectivity index (χ0) is 24.6. The van der Waals surface area contributed by atoms with Crippen LogP contribution in [0.4, 0.5) is 11.4 Å². The molecule has 0 saturated carbocycles. The van der Waals surface area contributed by atoms with E-state index in [-0.39, 0.29) is 16.2 Å². The Morgan fingerprint density at radius 3 is 2.54 bits per heavy atom. The first-order valence-electron chi connectivity index (χ1n) is 10.6. The van der Waals surface area contributed by atoms with Crippen molar-refractivity contribution in [3.05, 3.63) is 90.3 Å². The molecule has 1 N–H and O–H groups in total. The first-order valence-corrected chi connectivity index (χ1v) is 12.0. The fraction of sp³-hybridized carbons (Fsp3) is 0.0800. The molecule has 1 amide bonds. The zero-order valence-corrected chi connectivity index (χ0v) is 19.6. The van der Waals surface area contributed by atoms with Crippen LogP contribution < -0.4 is 9.62 Å². The Morgan fingerprint density at radius 1 is 1.00 bits per heavy atom. The number of carbonyl (C=O) groups is 1. The lowest BCUT2D eigenvalue weighted by Gasteiger charge is -2.20. The third-order valence-electron chi connectivity index (χ3n) is 5.51. The summed E-state index contributed by atoms with van der Waals surface area (Å²) in [5, 5.41) is 7.17. The van der Waals surface area contributed by atoms with Crippen LogP contribution in [0.5, 0.6) is 0 Å². The van der Waals surface area contributed by atoms with Crippen LogP contribution in [0.25, 0.3) is 22.6 Å². The van der Waals surface area contributed by atoms with Gasteiger partial charge in [0.2, 0.25) is 0 Å². The van der Waals surface area contributed by atoms with Crippen LogP contribution in [0.1, 0.15) is 16.1 Å². The highest BCUT2D eigenvalue weighted by atomic mass is 32.2. The minimum absolute atomic E-state index is 0.0407. The van der Waals surface area contributed by atoms with Crippen molar-refractivity contribution in [1.29, 1.82) is 0 Å². The number of amides is 1. The number of aromatic nitrogens is 2. The van der Waals surface area contributed by atoms with Crippen molar-refractivity contribution in [2.45, 2.75) is 11.8 Å². The number of para-hydroxylation sites is 1. The molecule has 0 unspecified atom stereocenters. The first-order chi connectivity index (χ1) is 16.8. The normalized spacial score (nSPS) is 11.5. The number of aryl methyl sites for hydroxylation is 1. The highest BCUT2D eigenvalue weighted by Gasteiger charge is 2.23. The number of nitrogens with one attached hydrogen (secondary N) is 1. The summed E-state index contributed by atoms with van der Waals surface area (Å²) in [6.07, 6.45) is 1.50. The molecular formula is C25H20N4O5S. The van der Waals surface area contributed by atoms with Gasteiger partial charge in [0.15, 0.2) is 5.76 Å². The monoisotopic (exact) mass is 488 g/mol. The molecule has 2 aromatic carbocycles. The van der Waals surface area contributed by atoms with E-state index in [1.165, 1.54) is 29.7 Å². The SMILES string of the molecule is Cc1noc2nc(-c3ccco3)cc(C(=O)Nc3cccc(S(=O)(=O)N(C)c4ccccc4)c3)c12. The number of fused-ring (bicyclic) bond motifs is 1. The second-order valence-corrected chi connectivity index (χ2v) is 9.74. The van der Waals surface area contributed by atoms with Gasteiger partial charge < -0.3 is 14.3 Å². The lowest BCUT2D eigenvalue weighted by atomic mass is 10.1. The molecule has 10 heteroatoms. The largest absolute Gasteiger partial charge is 0.463 e. The summed E-state index contributed by atoms with van der Waals surface area (Å²) in [5.41, 5.74) is 2.22. The predicted octanol–water partition coefficient (Wildman–Crippen LogP) is 4.87. The molecule has 9 nitrogen and oxygen atoms in total. The minimum atomic E-state index is -3.85. The quantitative estimate of drug-likeness (QED) is 0.362. The maximum atomic E-state index is 13.3. The molecule has 176 valence electrons. The smallest absolute Gasteiger partial charge is 0.264 e. The molecule has 0 fully saturated rings. The average molecular weight is 489 g/mol. The Hall–Kier alpha value is -4.44. The Bertz CT molecular complexity index is 1630. The van der Waals surface area contributed by atoms with Gasteiger partial charge >= 0.3 is 0 Å². The number of sulfonamides is 1. The molecule has 0 bridgehead atoms. The van der Waals surface area contributed by atoms with Gasteiger partial charge in [0, 0.05) is 12.7 Å². The summed E-state index contributed by atoms with van der Waals surface area (Å²) < 4.78 is 38.2. The second-order valence-electron chi connectivity index (χ2n) is 7.77. The molecule has 3 heterocycles. The summed E-state index contributed by atoms with van der Waals surface area (Å²) in [5.74, 6) is -0.00508. The lowest BCUT2D eigenvalue weighted by molar-refractivity contribution is 0.102. The number of benzene rings is 2. The van der Waals surface area contributed by atoms with Crippen LogP contribution in [0.15, 0.2) is 92.9 Å². The van der Waals surface area contributed by atoms with Crippen molar-refractivity contribution in [3.63, 3.8) is 0 Å². The first kappa shape index (κ1) is 22.4. The maximum absolute atomic E-state index is 13.3. The highest BCUT2D eigenvalue weighted by Crippen LogP contribution is 2.29. The summed E-state index contributed by atoms with van der Waals surface area (Å²) in [7, 11) is -2.37. The number of furan rings is 1. The maximum Gasteiger partial charge on any atom is 0.264 e. The van der Waals surface area contributed by atoms with Gasteiger partial charge in [0.25, 0.3) is 21.6 Å². The van der Waals surface area contributed by atoms with Crippen LogP contribution in [-0.2, 0) is 10.0 Å². The van der Waals surface area contributed by atoms with E-state index in [9.17, 15) is 13.2 Å². The molecule has 5 aromatic rings. The van der Waals surface area contributed by atoms with Crippen molar-refractivity contribution in [1.82, 2.24) is 10.1 Å². The van der Waals surface area contributed by atoms with E-state index in [2.05, 4.69) is 15.5 Å². The average Bonchev–Trinajstić information content (AvgIpc) is 3.54. The Labute approximate surface area is 201 Å². The fourth-order valence-corrected chi connectivity index (χ4v) is 4.93. The minimum Gasteiger partial charge on any atom is -0.463 e. The Kier molecular flexibility index (Phi) is 5.58.